The lowest BCUT2D eigenvalue weighted by Gasteiger charge is -2.12. The van der Waals surface area contributed by atoms with E-state index in [0.717, 1.165) is 40.3 Å². The molecule has 1 N–H and O–H groups in total. The molecule has 2 aromatic carbocycles. The van der Waals surface area contributed by atoms with Crippen molar-refractivity contribution in [1.29, 1.82) is 0 Å². The Balaban J connectivity index is 1.42. The van der Waals surface area contributed by atoms with Gasteiger partial charge in [-0.25, -0.2) is 18.6 Å². The summed E-state index contributed by atoms with van der Waals surface area (Å²) in [6.45, 7) is -0.612. The normalized spacial score (nSPS) is 13.8. The van der Waals surface area contributed by atoms with E-state index in [4.69, 9.17) is 9.72 Å². The van der Waals surface area contributed by atoms with Crippen LogP contribution < -0.4 is 5.32 Å². The number of nitrogens with zero attached hydrogens (tertiary/aromatic N) is 1. The molecule has 0 unspecified atom stereocenters. The lowest BCUT2D eigenvalue weighted by molar-refractivity contribution is -0.119. The predicted molar refractivity (Wildman–Crippen MR) is 128 cm³/mol. The fourth-order valence-corrected chi connectivity index (χ4v) is 4.72. The zero-order valence-electron chi connectivity index (χ0n) is 17.8. The second-order valence-corrected chi connectivity index (χ2v) is 8.74. The number of thiophene rings is 1. The zero-order chi connectivity index (χ0) is 23.7. The van der Waals surface area contributed by atoms with Crippen LogP contribution in [-0.4, -0.2) is 23.5 Å². The smallest absolute Gasteiger partial charge is 0.339 e. The number of ether oxygens (including phenoxy) is 1. The molecule has 0 aliphatic heterocycles. The molecule has 0 fully saturated rings. The first-order chi connectivity index (χ1) is 16.5. The summed E-state index contributed by atoms with van der Waals surface area (Å²) in [7, 11) is 0. The van der Waals surface area contributed by atoms with Crippen LogP contribution in [0.3, 0.4) is 0 Å². The van der Waals surface area contributed by atoms with Crippen molar-refractivity contribution < 1.29 is 23.1 Å². The van der Waals surface area contributed by atoms with Crippen LogP contribution in [0.4, 0.5) is 14.5 Å². The van der Waals surface area contributed by atoms with Gasteiger partial charge in [0.15, 0.2) is 6.61 Å². The number of benzene rings is 2. The summed E-state index contributed by atoms with van der Waals surface area (Å²) >= 11 is 1.62. The highest BCUT2D eigenvalue weighted by atomic mass is 32.1. The Morgan fingerprint density at radius 1 is 1.09 bits per heavy atom. The highest BCUT2D eigenvalue weighted by molar-refractivity contribution is 7.10. The van der Waals surface area contributed by atoms with Crippen molar-refractivity contribution >= 4 is 51.5 Å². The summed E-state index contributed by atoms with van der Waals surface area (Å²) in [6.07, 6.45) is 3.45. The fraction of sp³-hybridized carbons (Fsp3) is 0.115. The van der Waals surface area contributed by atoms with Crippen LogP contribution >= 0.6 is 11.3 Å². The van der Waals surface area contributed by atoms with E-state index in [1.165, 1.54) is 0 Å². The number of aromatic nitrogens is 1. The molecule has 5 rings (SSSR count). The van der Waals surface area contributed by atoms with Crippen molar-refractivity contribution in [3.8, 4) is 0 Å². The predicted octanol–water partition coefficient (Wildman–Crippen LogP) is 5.86. The molecule has 8 heteroatoms. The SMILES string of the molecule is O=C(COC(=O)c1c2c(nc3ccccc13)C(=Cc1cccs1)CC2)Nc1ccc(F)cc1F. The number of nitrogens with one attached hydrogen (secondary N) is 1. The van der Waals surface area contributed by atoms with E-state index < -0.39 is 30.1 Å². The quantitative estimate of drug-likeness (QED) is 0.367. The summed E-state index contributed by atoms with van der Waals surface area (Å²) < 4.78 is 32.2. The molecule has 5 nitrogen and oxygen atoms in total. The van der Waals surface area contributed by atoms with Crippen molar-refractivity contribution in [2.75, 3.05) is 11.9 Å². The first kappa shape index (κ1) is 21.9. The number of para-hydroxylation sites is 1. The number of carbonyl (C=O) groups is 2. The molecular weight excluding hydrogens is 458 g/mol. The number of amides is 1. The third-order valence-corrected chi connectivity index (χ3v) is 6.36. The Morgan fingerprint density at radius 2 is 1.94 bits per heavy atom. The summed E-state index contributed by atoms with van der Waals surface area (Å²) in [5.41, 5.74) is 3.44. The van der Waals surface area contributed by atoms with Gasteiger partial charge in [-0.1, -0.05) is 24.3 Å². The van der Waals surface area contributed by atoms with Gasteiger partial charge in [0.25, 0.3) is 5.91 Å². The third-order valence-electron chi connectivity index (χ3n) is 5.55. The average molecular weight is 477 g/mol. The van der Waals surface area contributed by atoms with Crippen molar-refractivity contribution in [1.82, 2.24) is 4.98 Å². The standard InChI is InChI=1S/C26H18F2N2O3S/c27-16-8-10-22(20(28)13-16)29-23(31)14-33-26(32)24-18-5-1-2-6-21(18)30-25-15(7-9-19(24)25)12-17-4-3-11-34-17/h1-6,8,10-13H,7,9,14H2,(H,29,31). The molecular formula is C26H18F2N2O3S. The molecule has 170 valence electrons. The average Bonchev–Trinajstić information content (AvgIpc) is 3.48. The van der Waals surface area contributed by atoms with Gasteiger partial charge in [0.2, 0.25) is 0 Å². The van der Waals surface area contributed by atoms with Crippen LogP contribution in [0.15, 0.2) is 60.0 Å². The van der Waals surface area contributed by atoms with Gasteiger partial charge in [-0.05, 0) is 59.7 Å². The van der Waals surface area contributed by atoms with Crippen molar-refractivity contribution in [2.45, 2.75) is 12.8 Å². The Hall–Kier alpha value is -3.91. The molecule has 34 heavy (non-hydrogen) atoms. The lowest BCUT2D eigenvalue weighted by Crippen LogP contribution is -2.22. The summed E-state index contributed by atoms with van der Waals surface area (Å²) in [5.74, 6) is -3.05. The minimum absolute atomic E-state index is 0.193. The number of anilines is 1. The van der Waals surface area contributed by atoms with Crippen LogP contribution in [0.1, 0.15) is 32.9 Å². The van der Waals surface area contributed by atoms with Crippen LogP contribution in [0.25, 0.3) is 22.6 Å². The number of hydrogen-bond donors (Lipinski definition) is 1. The second kappa shape index (κ2) is 9.15. The molecule has 4 aromatic rings. The molecule has 0 radical (unpaired) electrons. The molecule has 0 bridgehead atoms. The molecule has 0 saturated carbocycles. The summed E-state index contributed by atoms with van der Waals surface area (Å²) in [5, 5.41) is 4.94. The van der Waals surface area contributed by atoms with Gasteiger partial charge in [0.05, 0.1) is 22.5 Å². The van der Waals surface area contributed by atoms with Gasteiger partial charge in [0.1, 0.15) is 11.6 Å². The first-order valence-electron chi connectivity index (χ1n) is 10.6. The number of halogens is 2. The molecule has 2 aromatic heterocycles. The van der Waals surface area contributed by atoms with E-state index in [-0.39, 0.29) is 5.69 Å². The highest BCUT2D eigenvalue weighted by Crippen LogP contribution is 2.38. The van der Waals surface area contributed by atoms with E-state index in [2.05, 4.69) is 11.4 Å². The van der Waals surface area contributed by atoms with Gasteiger partial charge in [0, 0.05) is 16.3 Å². The van der Waals surface area contributed by atoms with Crippen LogP contribution in [0, 0.1) is 11.6 Å². The molecule has 0 atom stereocenters. The lowest BCUT2D eigenvalue weighted by atomic mass is 10.0. The topological polar surface area (TPSA) is 68.3 Å². The van der Waals surface area contributed by atoms with E-state index in [1.54, 1.807) is 17.4 Å². The van der Waals surface area contributed by atoms with Gasteiger partial charge in [-0.2, -0.15) is 0 Å². The number of pyridine rings is 1. The van der Waals surface area contributed by atoms with Gasteiger partial charge >= 0.3 is 5.97 Å². The van der Waals surface area contributed by atoms with Gasteiger partial charge in [-0.15, -0.1) is 11.3 Å². The third kappa shape index (κ3) is 4.32. The molecule has 2 heterocycles. The molecule has 0 spiro atoms. The summed E-state index contributed by atoms with van der Waals surface area (Å²) in [4.78, 5) is 31.3. The maximum Gasteiger partial charge on any atom is 0.339 e. The molecule has 1 amide bonds. The van der Waals surface area contributed by atoms with Crippen molar-refractivity contribution in [3.05, 3.63) is 93.3 Å². The van der Waals surface area contributed by atoms with E-state index in [9.17, 15) is 18.4 Å². The highest BCUT2D eigenvalue weighted by Gasteiger charge is 2.28. The number of fused-ring (bicyclic) bond motifs is 2. The molecule has 1 aliphatic carbocycles. The van der Waals surface area contributed by atoms with Crippen molar-refractivity contribution in [3.63, 3.8) is 0 Å². The zero-order valence-corrected chi connectivity index (χ0v) is 18.6. The second-order valence-electron chi connectivity index (χ2n) is 7.76. The van der Waals surface area contributed by atoms with E-state index in [0.29, 0.717) is 29.0 Å². The number of carbonyl (C=O) groups excluding carboxylic acids is 2. The Morgan fingerprint density at radius 3 is 2.74 bits per heavy atom. The van der Waals surface area contributed by atoms with Gasteiger partial charge < -0.3 is 10.1 Å². The minimum Gasteiger partial charge on any atom is -0.452 e. The van der Waals surface area contributed by atoms with Crippen LogP contribution in [-0.2, 0) is 16.0 Å². The maximum absolute atomic E-state index is 13.8. The first-order valence-corrected chi connectivity index (χ1v) is 11.5. The van der Waals surface area contributed by atoms with Crippen LogP contribution in [0.5, 0.6) is 0 Å². The molecule has 0 saturated heterocycles. The Kier molecular flexibility index (Phi) is 5.90. The largest absolute Gasteiger partial charge is 0.452 e. The number of allylic oxidation sites excluding steroid dienone is 1. The molecule has 1 aliphatic rings. The Labute approximate surface area is 197 Å². The number of esters is 1. The monoisotopic (exact) mass is 476 g/mol. The minimum atomic E-state index is -0.914. The number of rotatable bonds is 5. The van der Waals surface area contributed by atoms with Gasteiger partial charge in [-0.3, -0.25) is 4.79 Å². The van der Waals surface area contributed by atoms with E-state index in [1.807, 2.05) is 35.7 Å². The Bertz CT molecular complexity index is 1450. The fourth-order valence-electron chi connectivity index (χ4n) is 4.04. The summed E-state index contributed by atoms with van der Waals surface area (Å²) in [6, 6.07) is 14.1. The van der Waals surface area contributed by atoms with Crippen LogP contribution in [0.2, 0.25) is 0 Å². The number of hydrogen-bond acceptors (Lipinski definition) is 5. The van der Waals surface area contributed by atoms with E-state index >= 15 is 0 Å². The van der Waals surface area contributed by atoms with Crippen molar-refractivity contribution in [2.24, 2.45) is 0 Å². The maximum atomic E-state index is 13.8.